The summed E-state index contributed by atoms with van der Waals surface area (Å²) in [5.41, 5.74) is 11.7. The van der Waals surface area contributed by atoms with Crippen LogP contribution in [-0.2, 0) is 16.6 Å². The first kappa shape index (κ1) is 21.5. The molecule has 0 saturated heterocycles. The van der Waals surface area contributed by atoms with Gasteiger partial charge in [0.05, 0.1) is 0 Å². The number of ether oxygens (including phenoxy) is 1. The number of nitrogens with one attached hydrogen (secondary N) is 2. The van der Waals surface area contributed by atoms with E-state index in [0.717, 1.165) is 38.6 Å². The molecule has 0 aromatic heterocycles. The Labute approximate surface area is 205 Å². The third kappa shape index (κ3) is 4.04. The lowest BCUT2D eigenvalue weighted by Gasteiger charge is -2.41. The lowest BCUT2D eigenvalue weighted by atomic mass is 9.68. The molecule has 2 N–H and O–H groups in total. The van der Waals surface area contributed by atoms with Crippen LogP contribution in [0.1, 0.15) is 70.1 Å². The fourth-order valence-corrected chi connectivity index (χ4v) is 5.99. The smallest absolute Gasteiger partial charge is 0.407 e. The van der Waals surface area contributed by atoms with Crippen LogP contribution in [0.25, 0.3) is 11.3 Å². The molecule has 2 saturated carbocycles. The Hall–Kier alpha value is -3.01. The lowest BCUT2D eigenvalue weighted by Crippen LogP contribution is -2.43. The first-order valence-corrected chi connectivity index (χ1v) is 12.8. The molecule has 2 aromatic rings. The zero-order chi connectivity index (χ0) is 23.1. The Balaban J connectivity index is 0.00000152. The maximum atomic E-state index is 11.8. The molecule has 1 amide bonds. The Morgan fingerprint density at radius 3 is 2.56 bits per heavy atom. The highest BCUT2D eigenvalue weighted by atomic mass is 16.6. The van der Waals surface area contributed by atoms with Crippen molar-refractivity contribution in [1.29, 1.82) is 0 Å². The van der Waals surface area contributed by atoms with E-state index in [0.29, 0.717) is 0 Å². The molecule has 179 valence electrons. The fraction of sp³-hybridized carbons (Fsp3) is 0.400. The first-order valence-electron chi connectivity index (χ1n) is 12.8. The van der Waals surface area contributed by atoms with Crippen molar-refractivity contribution in [3.8, 4) is 0 Å². The Bertz CT molecular complexity index is 1170. The highest BCUT2D eigenvalue weighted by molar-refractivity contribution is 5.99. The minimum Gasteiger partial charge on any atom is -0.446 e. The Kier molecular flexibility index (Phi) is 5.47. The van der Waals surface area contributed by atoms with Gasteiger partial charge in [-0.05, 0) is 79.2 Å². The van der Waals surface area contributed by atoms with Gasteiger partial charge in [-0.3, -0.25) is 0 Å². The molecule has 4 heteroatoms. The Morgan fingerprint density at radius 1 is 1.03 bits per heavy atom. The fourth-order valence-electron chi connectivity index (χ4n) is 5.99. The third-order valence-electron chi connectivity index (χ3n) is 8.15. The van der Waals surface area contributed by atoms with Crippen molar-refractivity contribution in [3.05, 3.63) is 88.4 Å². The summed E-state index contributed by atoms with van der Waals surface area (Å²) in [6.07, 6.45) is 10.6. The van der Waals surface area contributed by atoms with Crippen molar-refractivity contribution < 1.29 is 12.4 Å². The minimum atomic E-state index is -0.324. The number of carbonyl (C=O) groups excluding carboxylic acids is 1. The summed E-state index contributed by atoms with van der Waals surface area (Å²) < 4.78 is 5.60. The van der Waals surface area contributed by atoms with Crippen LogP contribution in [-0.4, -0.2) is 25.8 Å². The van der Waals surface area contributed by atoms with Crippen LogP contribution in [0.2, 0.25) is 0 Å². The Morgan fingerprint density at radius 2 is 1.82 bits per heavy atom. The predicted octanol–water partition coefficient (Wildman–Crippen LogP) is 6.43. The molecule has 0 spiro atoms. The first-order chi connectivity index (χ1) is 16.7. The topological polar surface area (TPSA) is 50.4 Å². The number of rotatable bonds is 6. The van der Waals surface area contributed by atoms with Gasteiger partial charge in [-0.25, -0.2) is 4.79 Å². The standard InChI is InChI=1S/C30H33N2O2.2H2/c1-31-29(33)34-24-14-16-30(17-15-24,23-7-3-2-4-8-23)19-32-28(21-11-12-21)25-9-5-6-20-10-13-22-18-26(22)27(20)25;;/h2-9,18,24,32H,10-17,19H2,1H3,(H,31,33);2*1H. The van der Waals surface area contributed by atoms with Gasteiger partial charge in [0.15, 0.2) is 0 Å². The van der Waals surface area contributed by atoms with E-state index in [-0.39, 0.29) is 20.5 Å². The van der Waals surface area contributed by atoms with E-state index < -0.39 is 0 Å². The van der Waals surface area contributed by atoms with Gasteiger partial charge in [-0.15, -0.1) is 0 Å². The predicted molar refractivity (Wildman–Crippen MR) is 140 cm³/mol. The molecule has 4 nitrogen and oxygen atoms in total. The summed E-state index contributed by atoms with van der Waals surface area (Å²) in [4.78, 5) is 11.8. The normalized spacial score (nSPS) is 24.6. The van der Waals surface area contributed by atoms with Gasteiger partial charge >= 0.3 is 6.09 Å². The summed E-state index contributed by atoms with van der Waals surface area (Å²) in [5.74, 6) is 0. The average molecular weight is 458 g/mol. The summed E-state index contributed by atoms with van der Waals surface area (Å²) in [6.45, 7) is 0.905. The van der Waals surface area contributed by atoms with Crippen LogP contribution in [0.3, 0.4) is 0 Å². The molecule has 34 heavy (non-hydrogen) atoms. The molecule has 1 radical (unpaired) electrons. The highest BCUT2D eigenvalue weighted by Gasteiger charge is 2.39. The molecule has 2 aromatic carbocycles. The SMILES string of the molecule is CNC(=O)OC1CCC(CNC(=C2CC2)c2cccc3c2C2=C([CH]2)CC3)(c2ccccc2)CC1.[HH].[HH]. The summed E-state index contributed by atoms with van der Waals surface area (Å²) in [5, 5.41) is 6.57. The van der Waals surface area contributed by atoms with E-state index >= 15 is 0 Å². The molecule has 0 atom stereocenters. The van der Waals surface area contributed by atoms with E-state index in [1.807, 2.05) is 0 Å². The quantitative estimate of drug-likeness (QED) is 0.526. The number of fused-ring (bicyclic) bond motifs is 2. The van der Waals surface area contributed by atoms with E-state index in [1.54, 1.807) is 18.2 Å². The van der Waals surface area contributed by atoms with E-state index in [9.17, 15) is 4.79 Å². The second-order valence-electron chi connectivity index (χ2n) is 10.3. The van der Waals surface area contributed by atoms with Crippen molar-refractivity contribution in [3.63, 3.8) is 0 Å². The van der Waals surface area contributed by atoms with Crippen LogP contribution in [0.15, 0.2) is 59.7 Å². The van der Waals surface area contributed by atoms with Gasteiger partial charge in [-0.2, -0.15) is 0 Å². The zero-order valence-corrected chi connectivity index (χ0v) is 20.0. The van der Waals surface area contributed by atoms with Gasteiger partial charge in [0.1, 0.15) is 6.10 Å². The van der Waals surface area contributed by atoms with Crippen molar-refractivity contribution in [2.45, 2.75) is 62.9 Å². The highest BCUT2D eigenvalue weighted by Crippen LogP contribution is 2.50. The van der Waals surface area contributed by atoms with Crippen LogP contribution in [0, 0.1) is 6.42 Å². The minimum absolute atomic E-state index is 0. The molecule has 0 aliphatic heterocycles. The largest absolute Gasteiger partial charge is 0.446 e. The molecular weight excluding hydrogens is 420 g/mol. The van der Waals surface area contributed by atoms with E-state index in [2.05, 4.69) is 65.6 Å². The van der Waals surface area contributed by atoms with E-state index in [4.69, 9.17) is 4.74 Å². The molecule has 6 rings (SSSR count). The molecule has 2 fully saturated rings. The van der Waals surface area contributed by atoms with Gasteiger partial charge in [-0.1, -0.05) is 54.1 Å². The molecule has 0 heterocycles. The molecule has 4 aliphatic carbocycles. The number of carbonyl (C=O) groups is 1. The number of benzene rings is 2. The van der Waals surface area contributed by atoms with Crippen molar-refractivity contribution >= 4 is 17.4 Å². The number of amides is 1. The van der Waals surface area contributed by atoms with Crippen LogP contribution >= 0.6 is 0 Å². The summed E-state index contributed by atoms with van der Waals surface area (Å²) in [6, 6.07) is 17.8. The van der Waals surface area contributed by atoms with Crippen LogP contribution in [0.5, 0.6) is 0 Å². The van der Waals surface area contributed by atoms with Gasteiger partial charge in [0.2, 0.25) is 0 Å². The van der Waals surface area contributed by atoms with Crippen LogP contribution in [0.4, 0.5) is 4.79 Å². The number of alkyl carbamates (subject to hydrolysis) is 1. The van der Waals surface area contributed by atoms with Gasteiger partial charge in [0.25, 0.3) is 0 Å². The monoisotopic (exact) mass is 457 g/mol. The lowest BCUT2D eigenvalue weighted by molar-refractivity contribution is 0.0589. The second-order valence-corrected chi connectivity index (χ2v) is 10.3. The molecule has 4 aliphatic rings. The average Bonchev–Trinajstić information content (AvgIpc) is 3.80. The number of hydrogen-bond donors (Lipinski definition) is 2. The maximum Gasteiger partial charge on any atom is 0.407 e. The maximum absolute atomic E-state index is 11.8. The second kappa shape index (κ2) is 8.65. The molecular formula is C30H37N2O2. The van der Waals surface area contributed by atoms with Crippen LogP contribution < -0.4 is 10.6 Å². The number of aryl methyl sites for hydroxylation is 1. The van der Waals surface area contributed by atoms with Crippen molar-refractivity contribution in [2.24, 2.45) is 0 Å². The van der Waals surface area contributed by atoms with Crippen molar-refractivity contribution in [1.82, 2.24) is 10.6 Å². The zero-order valence-electron chi connectivity index (χ0n) is 20.0. The summed E-state index contributed by atoms with van der Waals surface area (Å²) in [7, 11) is 1.62. The van der Waals surface area contributed by atoms with E-state index in [1.165, 1.54) is 52.8 Å². The van der Waals surface area contributed by atoms with Gasteiger partial charge < -0.3 is 15.4 Å². The van der Waals surface area contributed by atoms with Crippen molar-refractivity contribution in [2.75, 3.05) is 13.6 Å². The number of hydrogen-bond acceptors (Lipinski definition) is 3. The molecule has 0 bridgehead atoms. The number of allylic oxidation sites excluding steroid dienone is 3. The third-order valence-corrected chi connectivity index (χ3v) is 8.15. The summed E-state index contributed by atoms with van der Waals surface area (Å²) >= 11 is 0. The molecule has 0 unspecified atom stereocenters. The van der Waals surface area contributed by atoms with Gasteiger partial charge in [0, 0.05) is 39.5 Å².